The summed E-state index contributed by atoms with van der Waals surface area (Å²) in [6.07, 6.45) is 22.5. The van der Waals surface area contributed by atoms with Gasteiger partial charge in [-0.1, -0.05) is 50.7 Å². The lowest BCUT2D eigenvalue weighted by Crippen LogP contribution is -3.00. The summed E-state index contributed by atoms with van der Waals surface area (Å²) in [5, 5.41) is 0. The zero-order chi connectivity index (χ0) is 16.7. The van der Waals surface area contributed by atoms with E-state index in [1.807, 2.05) is 0 Å². The highest BCUT2D eigenvalue weighted by Crippen LogP contribution is 2.10. The molecule has 26 heavy (non-hydrogen) atoms. The molecule has 146 valence electrons. The van der Waals surface area contributed by atoms with Gasteiger partial charge >= 0.3 is 0 Å². The SMILES string of the molecule is [I-].[I-].c1cc[n+](CCCCCCCCCCCC[n+]2ccccc2)cc1. The molecule has 2 aromatic heterocycles. The Kier molecular flexibility index (Phi) is 18.0. The number of aryl methyl sites for hydroxylation is 2. The number of aromatic nitrogens is 2. The lowest BCUT2D eigenvalue weighted by molar-refractivity contribution is -0.697. The van der Waals surface area contributed by atoms with Crippen LogP contribution in [0.25, 0.3) is 0 Å². The maximum absolute atomic E-state index is 2.29. The van der Waals surface area contributed by atoms with Crippen molar-refractivity contribution in [3.8, 4) is 0 Å². The van der Waals surface area contributed by atoms with Crippen molar-refractivity contribution in [1.82, 2.24) is 0 Å². The van der Waals surface area contributed by atoms with Crippen molar-refractivity contribution in [1.29, 1.82) is 0 Å². The molecule has 4 heteroatoms. The number of rotatable bonds is 13. The normalized spacial score (nSPS) is 10.0. The van der Waals surface area contributed by atoms with E-state index in [0.29, 0.717) is 0 Å². The van der Waals surface area contributed by atoms with Crippen molar-refractivity contribution in [3.05, 3.63) is 61.2 Å². The van der Waals surface area contributed by atoms with E-state index in [1.165, 1.54) is 77.3 Å². The molecule has 0 saturated carbocycles. The van der Waals surface area contributed by atoms with Crippen LogP contribution in [0.4, 0.5) is 0 Å². The molecule has 2 aromatic rings. The van der Waals surface area contributed by atoms with Crippen molar-refractivity contribution in [3.63, 3.8) is 0 Å². The van der Waals surface area contributed by atoms with Crippen molar-refractivity contribution in [2.45, 2.75) is 77.3 Å². The van der Waals surface area contributed by atoms with Gasteiger partial charge in [0.25, 0.3) is 0 Å². The quantitative estimate of drug-likeness (QED) is 0.161. The van der Waals surface area contributed by atoms with Gasteiger partial charge in [-0.05, 0) is 12.8 Å². The molecule has 0 aliphatic heterocycles. The average molecular weight is 580 g/mol. The topological polar surface area (TPSA) is 7.76 Å². The first kappa shape index (κ1) is 25.8. The predicted molar refractivity (Wildman–Crippen MR) is 99.4 cm³/mol. The van der Waals surface area contributed by atoms with Crippen molar-refractivity contribution in [2.75, 3.05) is 0 Å². The molecule has 0 bridgehead atoms. The van der Waals surface area contributed by atoms with Gasteiger partial charge in [-0.2, -0.15) is 0 Å². The van der Waals surface area contributed by atoms with Gasteiger partial charge in [0.05, 0.1) is 0 Å². The highest BCUT2D eigenvalue weighted by atomic mass is 127. The Morgan fingerprint density at radius 3 is 0.923 bits per heavy atom. The Morgan fingerprint density at radius 1 is 0.346 bits per heavy atom. The Hall–Kier alpha value is -0.240. The summed E-state index contributed by atoms with van der Waals surface area (Å²) in [4.78, 5) is 0. The van der Waals surface area contributed by atoms with Crippen LogP contribution >= 0.6 is 0 Å². The van der Waals surface area contributed by atoms with E-state index < -0.39 is 0 Å². The fourth-order valence-corrected chi connectivity index (χ4v) is 3.17. The molecule has 2 rings (SSSR count). The number of halogens is 2. The van der Waals surface area contributed by atoms with Crippen LogP contribution in [0.3, 0.4) is 0 Å². The van der Waals surface area contributed by atoms with Crippen LogP contribution in [0, 0.1) is 0 Å². The number of nitrogens with zero attached hydrogens (tertiary/aromatic N) is 2. The number of hydrogen-bond acceptors (Lipinski definition) is 0. The second-order valence-corrected chi connectivity index (χ2v) is 6.76. The standard InChI is InChI=1S/C22H34N2.2HI/c1(3-5-7-11-17-23-19-13-9-14-20-23)2-4-6-8-12-18-24-21-15-10-16-22-24;;/h9-10,13-16,19-22H,1-8,11-12,17-18H2;2*1H/q+2;;/p-2. The van der Waals surface area contributed by atoms with Gasteiger partial charge in [-0.3, -0.25) is 0 Å². The fraction of sp³-hybridized carbons (Fsp3) is 0.545. The number of unbranched alkanes of at least 4 members (excludes halogenated alkanes) is 9. The molecule has 2 heterocycles. The summed E-state index contributed by atoms with van der Waals surface area (Å²) in [5.41, 5.74) is 0. The highest BCUT2D eigenvalue weighted by Gasteiger charge is 1.99. The first-order valence-electron chi connectivity index (χ1n) is 9.83. The van der Waals surface area contributed by atoms with Gasteiger partial charge in [0, 0.05) is 37.1 Å². The van der Waals surface area contributed by atoms with Gasteiger partial charge in [0.2, 0.25) is 0 Å². The Bertz CT molecular complexity index is 471. The molecule has 0 aliphatic rings. The van der Waals surface area contributed by atoms with Crippen LogP contribution < -0.4 is 57.1 Å². The van der Waals surface area contributed by atoms with E-state index in [-0.39, 0.29) is 48.0 Å². The zero-order valence-corrected chi connectivity index (χ0v) is 20.2. The molecule has 0 aromatic carbocycles. The van der Waals surface area contributed by atoms with Crippen LogP contribution in [-0.4, -0.2) is 0 Å². The predicted octanol–water partition coefficient (Wildman–Crippen LogP) is -1.13. The molecule has 0 spiro atoms. The molecule has 0 atom stereocenters. The minimum Gasteiger partial charge on any atom is -1.00 e. The van der Waals surface area contributed by atoms with Crippen LogP contribution in [0.5, 0.6) is 0 Å². The molecule has 2 nitrogen and oxygen atoms in total. The summed E-state index contributed by atoms with van der Waals surface area (Å²) in [5.74, 6) is 0. The van der Waals surface area contributed by atoms with E-state index in [0.717, 1.165) is 0 Å². The smallest absolute Gasteiger partial charge is 0.168 e. The third-order valence-corrected chi connectivity index (χ3v) is 4.64. The second kappa shape index (κ2) is 18.1. The summed E-state index contributed by atoms with van der Waals surface area (Å²) < 4.78 is 4.57. The van der Waals surface area contributed by atoms with Crippen LogP contribution in [-0.2, 0) is 13.1 Å². The van der Waals surface area contributed by atoms with Gasteiger partial charge in [-0.15, -0.1) is 0 Å². The van der Waals surface area contributed by atoms with E-state index in [4.69, 9.17) is 0 Å². The van der Waals surface area contributed by atoms with Crippen LogP contribution in [0.2, 0.25) is 0 Å². The summed E-state index contributed by atoms with van der Waals surface area (Å²) in [6.45, 7) is 2.33. The minimum atomic E-state index is 0. The maximum Gasteiger partial charge on any atom is 0.168 e. The third kappa shape index (κ3) is 13.0. The maximum atomic E-state index is 2.29. The average Bonchev–Trinajstić information content (AvgIpc) is 2.64. The monoisotopic (exact) mass is 580 g/mol. The summed E-state index contributed by atoms with van der Waals surface area (Å²) >= 11 is 0. The number of hydrogen-bond donors (Lipinski definition) is 0. The zero-order valence-electron chi connectivity index (χ0n) is 15.9. The van der Waals surface area contributed by atoms with E-state index in [9.17, 15) is 0 Å². The molecule has 0 fully saturated rings. The van der Waals surface area contributed by atoms with Gasteiger partial charge < -0.3 is 48.0 Å². The van der Waals surface area contributed by atoms with Gasteiger partial charge in [0.15, 0.2) is 24.8 Å². The Morgan fingerprint density at radius 2 is 0.615 bits per heavy atom. The molecule has 0 radical (unpaired) electrons. The first-order valence-corrected chi connectivity index (χ1v) is 9.83. The van der Waals surface area contributed by atoms with Gasteiger partial charge in [0.1, 0.15) is 13.1 Å². The molecule has 0 saturated heterocycles. The molecular formula is C22H34I2N2. The first-order chi connectivity index (χ1) is 11.9. The van der Waals surface area contributed by atoms with E-state index in [1.54, 1.807) is 0 Å². The number of pyridine rings is 2. The third-order valence-electron chi connectivity index (χ3n) is 4.64. The van der Waals surface area contributed by atoms with Crippen molar-refractivity contribution < 1.29 is 57.1 Å². The van der Waals surface area contributed by atoms with E-state index >= 15 is 0 Å². The van der Waals surface area contributed by atoms with Crippen LogP contribution in [0.15, 0.2) is 61.2 Å². The minimum absolute atomic E-state index is 0. The second-order valence-electron chi connectivity index (χ2n) is 6.76. The Labute approximate surface area is 194 Å². The molecular weight excluding hydrogens is 546 g/mol. The highest BCUT2D eigenvalue weighted by molar-refractivity contribution is 4.84. The molecule has 0 amide bonds. The lowest BCUT2D eigenvalue weighted by Gasteiger charge is -2.02. The Balaban J connectivity index is 0.00000312. The molecule has 0 aliphatic carbocycles. The largest absolute Gasteiger partial charge is 1.00 e. The van der Waals surface area contributed by atoms with E-state index in [2.05, 4.69) is 70.3 Å². The van der Waals surface area contributed by atoms with Crippen LogP contribution in [0.1, 0.15) is 64.2 Å². The van der Waals surface area contributed by atoms with Crippen molar-refractivity contribution >= 4 is 0 Å². The molecule has 0 unspecified atom stereocenters. The summed E-state index contributed by atoms with van der Waals surface area (Å²) in [7, 11) is 0. The van der Waals surface area contributed by atoms with Crippen molar-refractivity contribution in [2.24, 2.45) is 0 Å². The summed E-state index contributed by atoms with van der Waals surface area (Å²) in [6, 6.07) is 12.6. The lowest BCUT2D eigenvalue weighted by atomic mass is 10.1. The fourth-order valence-electron chi connectivity index (χ4n) is 3.17. The molecule has 0 N–H and O–H groups in total. The van der Waals surface area contributed by atoms with Gasteiger partial charge in [-0.25, -0.2) is 9.13 Å².